The molecular formula is C35H72O7. The highest BCUT2D eigenvalue weighted by molar-refractivity contribution is 5.66. The smallest absolute Gasteiger partial charge is 0.303 e. The van der Waals surface area contributed by atoms with E-state index in [0.717, 1.165) is 25.7 Å². The molecule has 0 fully saturated rings. The molecule has 254 valence electrons. The maximum absolute atomic E-state index is 10.3. The molecule has 0 aliphatic heterocycles. The van der Waals surface area contributed by atoms with Crippen LogP contribution in [0.15, 0.2) is 0 Å². The summed E-state index contributed by atoms with van der Waals surface area (Å²) in [6.45, 7) is 3.79. The molecule has 0 spiro atoms. The Hall–Kier alpha value is -1.18. The fourth-order valence-corrected chi connectivity index (χ4v) is 4.65. The van der Waals surface area contributed by atoms with Crippen molar-refractivity contribution in [1.29, 1.82) is 0 Å². The van der Waals surface area contributed by atoms with Gasteiger partial charge in [-0.2, -0.15) is 0 Å². The highest BCUT2D eigenvalue weighted by Gasteiger charge is 1.98. The Morgan fingerprint density at radius 1 is 0.405 bits per heavy atom. The number of aliphatic hydroxyl groups excluding tert-OH is 3. The maximum atomic E-state index is 10.3. The molecule has 0 aliphatic rings. The summed E-state index contributed by atoms with van der Waals surface area (Å²) in [5.74, 6) is -1.31. The zero-order chi connectivity index (χ0) is 31.9. The first-order valence-corrected chi connectivity index (χ1v) is 17.7. The van der Waals surface area contributed by atoms with Gasteiger partial charge in [0, 0.05) is 12.8 Å². The number of rotatable bonds is 30. The first kappa shape index (κ1) is 45.3. The van der Waals surface area contributed by atoms with E-state index >= 15 is 0 Å². The van der Waals surface area contributed by atoms with E-state index in [-0.39, 0.29) is 13.2 Å². The van der Waals surface area contributed by atoms with Gasteiger partial charge in [0.1, 0.15) is 6.10 Å². The molecule has 0 saturated carbocycles. The van der Waals surface area contributed by atoms with Gasteiger partial charge < -0.3 is 25.5 Å². The average molecular weight is 605 g/mol. The molecule has 42 heavy (non-hydrogen) atoms. The lowest BCUT2D eigenvalue weighted by atomic mass is 10.0. The van der Waals surface area contributed by atoms with Crippen molar-refractivity contribution in [2.75, 3.05) is 13.2 Å². The van der Waals surface area contributed by atoms with Crippen LogP contribution in [0.5, 0.6) is 0 Å². The van der Waals surface area contributed by atoms with Crippen LogP contribution in [-0.2, 0) is 9.59 Å². The fourth-order valence-electron chi connectivity index (χ4n) is 4.65. The molecule has 0 saturated heterocycles. The van der Waals surface area contributed by atoms with Crippen LogP contribution in [0.3, 0.4) is 0 Å². The Kier molecular flexibility index (Phi) is 45.2. The van der Waals surface area contributed by atoms with Crippen LogP contribution in [0.4, 0.5) is 0 Å². The Morgan fingerprint density at radius 2 is 0.595 bits per heavy atom. The Bertz CT molecular complexity index is 510. The van der Waals surface area contributed by atoms with Gasteiger partial charge in [0.05, 0.1) is 13.2 Å². The van der Waals surface area contributed by atoms with Crippen molar-refractivity contribution in [2.24, 2.45) is 0 Å². The van der Waals surface area contributed by atoms with Gasteiger partial charge in [-0.15, -0.1) is 0 Å². The number of carboxylic acids is 2. The highest BCUT2D eigenvalue weighted by Crippen LogP contribution is 2.14. The monoisotopic (exact) mass is 605 g/mol. The molecule has 0 aliphatic carbocycles. The summed E-state index contributed by atoms with van der Waals surface area (Å²) in [5, 5.41) is 41.0. The minimum Gasteiger partial charge on any atom is -0.481 e. The third-order valence-electron chi connectivity index (χ3n) is 7.41. The second-order valence-corrected chi connectivity index (χ2v) is 11.8. The minimum absolute atomic E-state index is 0.345. The zero-order valence-corrected chi connectivity index (χ0v) is 27.8. The fraction of sp³-hybridized carbons (Fsp3) is 0.943. The van der Waals surface area contributed by atoms with Crippen LogP contribution < -0.4 is 0 Å². The van der Waals surface area contributed by atoms with E-state index in [0.29, 0.717) is 12.8 Å². The highest BCUT2D eigenvalue weighted by atomic mass is 16.4. The summed E-state index contributed by atoms with van der Waals surface area (Å²) >= 11 is 0. The van der Waals surface area contributed by atoms with Gasteiger partial charge in [-0.05, 0) is 12.8 Å². The molecule has 7 heteroatoms. The van der Waals surface area contributed by atoms with Crippen molar-refractivity contribution in [3.8, 4) is 0 Å². The summed E-state index contributed by atoms with van der Waals surface area (Å²) in [6, 6.07) is 0. The molecule has 0 radical (unpaired) electrons. The standard InChI is InChI=1S/C17H34O2.C15H30O2.C3H8O3/c1-2-3-4-5-6-7-8-9-10-11-12-13-14-15-16-17(18)19;1-2-3-4-5-6-7-8-9-10-11-12-13-14-15(16)17;4-1-3(6)2-5/h2-16H2,1H3,(H,18,19);2-14H2,1H3,(H,16,17);3-6H,1-2H2. The Balaban J connectivity index is -0.000000609. The summed E-state index contributed by atoms with van der Waals surface area (Å²) in [6.07, 6.45) is 33.6. The van der Waals surface area contributed by atoms with Crippen LogP contribution in [0, 0.1) is 0 Å². The van der Waals surface area contributed by atoms with Crippen LogP contribution in [0.25, 0.3) is 0 Å². The van der Waals surface area contributed by atoms with Gasteiger partial charge in [0.2, 0.25) is 0 Å². The van der Waals surface area contributed by atoms with Crippen molar-refractivity contribution < 1.29 is 35.1 Å². The summed E-state index contributed by atoms with van der Waals surface area (Å²) in [5.41, 5.74) is 0. The van der Waals surface area contributed by atoms with E-state index in [9.17, 15) is 9.59 Å². The van der Waals surface area contributed by atoms with E-state index in [1.807, 2.05) is 0 Å². The number of carbonyl (C=O) groups is 2. The second kappa shape index (κ2) is 42.0. The quantitative estimate of drug-likeness (QED) is 0.0515. The van der Waals surface area contributed by atoms with E-state index in [1.54, 1.807) is 0 Å². The molecule has 0 bridgehead atoms. The molecule has 0 atom stereocenters. The summed E-state index contributed by atoms with van der Waals surface area (Å²) < 4.78 is 0. The summed E-state index contributed by atoms with van der Waals surface area (Å²) in [7, 11) is 0. The van der Waals surface area contributed by atoms with E-state index in [4.69, 9.17) is 25.5 Å². The molecule has 0 rings (SSSR count). The minimum atomic E-state index is -0.954. The average Bonchev–Trinajstić information content (AvgIpc) is 2.97. The third-order valence-corrected chi connectivity index (χ3v) is 7.41. The van der Waals surface area contributed by atoms with Crippen LogP contribution in [-0.4, -0.2) is 56.8 Å². The van der Waals surface area contributed by atoms with Gasteiger partial charge in [-0.1, -0.05) is 168 Å². The Labute approximate surface area is 259 Å². The number of unbranched alkanes of at least 4 members (excludes halogenated alkanes) is 24. The van der Waals surface area contributed by atoms with Gasteiger partial charge in [0.15, 0.2) is 0 Å². The Morgan fingerprint density at radius 3 is 0.738 bits per heavy atom. The maximum Gasteiger partial charge on any atom is 0.303 e. The lowest BCUT2D eigenvalue weighted by Gasteiger charge is -2.02. The molecule has 5 N–H and O–H groups in total. The topological polar surface area (TPSA) is 135 Å². The van der Waals surface area contributed by atoms with Crippen LogP contribution >= 0.6 is 0 Å². The van der Waals surface area contributed by atoms with E-state index in [2.05, 4.69) is 13.8 Å². The summed E-state index contributed by atoms with van der Waals surface area (Å²) in [4.78, 5) is 20.6. The van der Waals surface area contributed by atoms with Crippen molar-refractivity contribution in [1.82, 2.24) is 0 Å². The van der Waals surface area contributed by atoms with E-state index < -0.39 is 18.0 Å². The van der Waals surface area contributed by atoms with Crippen LogP contribution in [0.1, 0.15) is 194 Å². The van der Waals surface area contributed by atoms with Crippen LogP contribution in [0.2, 0.25) is 0 Å². The molecular weight excluding hydrogens is 532 g/mol. The molecule has 0 heterocycles. The molecule has 7 nitrogen and oxygen atoms in total. The van der Waals surface area contributed by atoms with Gasteiger partial charge in [-0.3, -0.25) is 9.59 Å². The molecule has 0 aromatic heterocycles. The predicted octanol–water partition coefficient (Wildman–Crippen LogP) is 9.44. The lowest BCUT2D eigenvalue weighted by Crippen LogP contribution is -2.15. The van der Waals surface area contributed by atoms with Gasteiger partial charge in [-0.25, -0.2) is 0 Å². The molecule has 0 aromatic carbocycles. The lowest BCUT2D eigenvalue weighted by molar-refractivity contribution is -0.138. The van der Waals surface area contributed by atoms with Crippen molar-refractivity contribution in [3.63, 3.8) is 0 Å². The predicted molar refractivity (Wildman–Crippen MR) is 176 cm³/mol. The molecule has 0 unspecified atom stereocenters. The zero-order valence-electron chi connectivity index (χ0n) is 27.8. The normalized spacial score (nSPS) is 10.6. The third kappa shape index (κ3) is 51.5. The number of aliphatic carboxylic acids is 2. The van der Waals surface area contributed by atoms with Crippen molar-refractivity contribution in [3.05, 3.63) is 0 Å². The SMILES string of the molecule is CCCCCCCCCCCCCCC(=O)O.CCCCCCCCCCCCCCCCC(=O)O.OCC(O)CO. The number of hydrogen-bond acceptors (Lipinski definition) is 5. The number of aliphatic hydroxyl groups is 3. The largest absolute Gasteiger partial charge is 0.481 e. The van der Waals surface area contributed by atoms with Gasteiger partial charge in [0.25, 0.3) is 0 Å². The van der Waals surface area contributed by atoms with Crippen molar-refractivity contribution in [2.45, 2.75) is 200 Å². The van der Waals surface area contributed by atoms with Gasteiger partial charge >= 0.3 is 11.9 Å². The van der Waals surface area contributed by atoms with Crippen molar-refractivity contribution >= 4 is 11.9 Å². The first-order valence-electron chi connectivity index (χ1n) is 17.7. The number of hydrogen-bond donors (Lipinski definition) is 5. The van der Waals surface area contributed by atoms with E-state index in [1.165, 1.54) is 141 Å². The molecule has 0 aromatic rings. The first-order chi connectivity index (χ1) is 20.3. The second-order valence-electron chi connectivity index (χ2n) is 11.8. The molecule has 0 amide bonds. The number of carboxylic acid groups (broad SMARTS) is 2.